The summed E-state index contributed by atoms with van der Waals surface area (Å²) >= 11 is 0. The summed E-state index contributed by atoms with van der Waals surface area (Å²) < 4.78 is 54.1. The van der Waals surface area contributed by atoms with E-state index >= 15 is 0 Å². The van der Waals surface area contributed by atoms with Crippen molar-refractivity contribution in [3.63, 3.8) is 0 Å². The Morgan fingerprint density at radius 2 is 1.97 bits per heavy atom. The van der Waals surface area contributed by atoms with Crippen LogP contribution in [0.4, 0.5) is 14.9 Å². The molecule has 0 bridgehead atoms. The van der Waals surface area contributed by atoms with Gasteiger partial charge in [-0.2, -0.15) is 0 Å². The highest BCUT2D eigenvalue weighted by atomic mass is 32.2. The van der Waals surface area contributed by atoms with Gasteiger partial charge in [0.1, 0.15) is 17.1 Å². The lowest BCUT2D eigenvalue weighted by Gasteiger charge is -2.22. The smallest absolute Gasteiger partial charge is 0.414 e. The molecule has 0 fully saturated rings. The number of hydrogen-bond donors (Lipinski definition) is 1. The van der Waals surface area contributed by atoms with Crippen molar-refractivity contribution in [1.82, 2.24) is 9.62 Å². The number of benzene rings is 2. The first-order valence-corrected chi connectivity index (χ1v) is 10.9. The van der Waals surface area contributed by atoms with Crippen LogP contribution in [0.2, 0.25) is 0 Å². The average molecular weight is 462 g/mol. The van der Waals surface area contributed by atoms with Crippen LogP contribution in [0.25, 0.3) is 15.7 Å². The van der Waals surface area contributed by atoms with Gasteiger partial charge in [0.25, 0.3) is 0 Å². The van der Waals surface area contributed by atoms with E-state index in [2.05, 4.69) is 4.72 Å². The summed E-state index contributed by atoms with van der Waals surface area (Å²) in [7, 11) is 0.206. The summed E-state index contributed by atoms with van der Waals surface area (Å²) in [6.07, 6.45) is -0.711. The van der Waals surface area contributed by atoms with Gasteiger partial charge < -0.3 is 18.8 Å². The fourth-order valence-electron chi connectivity index (χ4n) is 2.97. The Hall–Kier alpha value is -3.44. The second-order valence-electron chi connectivity index (χ2n) is 7.11. The third kappa shape index (κ3) is 4.89. The van der Waals surface area contributed by atoms with Crippen LogP contribution < -0.4 is 15.1 Å². The number of hydrogen-bond acceptors (Lipinski definition) is 6. The Kier molecular flexibility index (Phi) is 6.51. The molecule has 0 radical (unpaired) electrons. The number of carbonyl (C=O) groups is 1. The first-order valence-electron chi connectivity index (χ1n) is 9.41. The lowest BCUT2D eigenvalue weighted by Crippen LogP contribution is -2.25. The molecule has 170 valence electrons. The Balaban J connectivity index is 1.98. The third-order valence-electron chi connectivity index (χ3n) is 4.73. The van der Waals surface area contributed by atoms with E-state index in [-0.39, 0.29) is 34.6 Å². The average Bonchev–Trinajstić information content (AvgIpc) is 2.73. The van der Waals surface area contributed by atoms with E-state index in [1.165, 1.54) is 43.3 Å². The maximum Gasteiger partial charge on any atom is 0.414 e. The second kappa shape index (κ2) is 8.97. The normalized spacial score (nSPS) is 11.4. The first kappa shape index (κ1) is 23.2. The summed E-state index contributed by atoms with van der Waals surface area (Å²) in [5.41, 5.74) is 0.0190. The number of amides is 1. The number of aryl methyl sites for hydroxylation is 1. The summed E-state index contributed by atoms with van der Waals surface area (Å²) in [5.74, 6) is -0.645. The summed E-state index contributed by atoms with van der Waals surface area (Å²) in [4.78, 5) is 25.6. The molecule has 11 heteroatoms. The zero-order valence-corrected chi connectivity index (χ0v) is 18.6. The topological polar surface area (TPSA) is 120 Å². The molecule has 1 amide bonds. The maximum absolute atomic E-state index is 14.9. The summed E-state index contributed by atoms with van der Waals surface area (Å²) in [5, 5.41) is 0.586. The molecular weight excluding hydrogens is 441 g/mol. The van der Waals surface area contributed by atoms with Crippen molar-refractivity contribution in [2.24, 2.45) is 0 Å². The molecule has 32 heavy (non-hydrogen) atoms. The van der Waals surface area contributed by atoms with Crippen LogP contribution in [0.5, 0.6) is 5.75 Å². The van der Waals surface area contributed by atoms with Gasteiger partial charge in [0.05, 0.1) is 0 Å². The molecule has 0 saturated heterocycles. The van der Waals surface area contributed by atoms with Gasteiger partial charge in [-0.05, 0) is 37.2 Å². The highest BCUT2D eigenvalue weighted by molar-refractivity contribution is 7.92. The van der Waals surface area contributed by atoms with Crippen molar-refractivity contribution in [3.05, 3.63) is 74.0 Å². The van der Waals surface area contributed by atoms with E-state index in [0.29, 0.717) is 10.9 Å². The van der Waals surface area contributed by atoms with Crippen molar-refractivity contribution < 1.29 is 26.8 Å². The van der Waals surface area contributed by atoms with Gasteiger partial charge in [0, 0.05) is 37.5 Å². The summed E-state index contributed by atoms with van der Waals surface area (Å²) in [6, 6.07) is 8.73. The van der Waals surface area contributed by atoms with Gasteiger partial charge in [-0.3, -0.25) is 0 Å². The lowest BCUT2D eigenvalue weighted by molar-refractivity contribution is 0.172. The van der Waals surface area contributed by atoms with Crippen molar-refractivity contribution in [2.75, 3.05) is 21.1 Å². The molecule has 2 aromatic carbocycles. The Bertz CT molecular complexity index is 1350. The SMILES string of the molecule is CNS(=O)(=O)[N-]c1cccc(Cc2c(C)c3ccc(OC(=O)N(C)C)cc3oc2=O)c1F. The fraction of sp³-hybridized carbons (Fsp3) is 0.238. The van der Waals surface area contributed by atoms with E-state index in [1.807, 2.05) is 4.72 Å². The number of fused-ring (bicyclic) bond motifs is 1. The number of ether oxygens (including phenoxy) is 1. The monoisotopic (exact) mass is 462 g/mol. The standard InChI is InChI=1S/C21H21FN3O6S/c1-12-15-9-8-14(30-21(27)25(3)4)11-18(15)31-20(26)16(12)10-13-6-5-7-17(19(13)22)24-32(28,29)23-2/h5-9,11,23H,10H2,1-4H3/q-1. The van der Waals surface area contributed by atoms with Crippen molar-refractivity contribution in [3.8, 4) is 5.75 Å². The minimum absolute atomic E-state index is 0.0869. The van der Waals surface area contributed by atoms with Crippen LogP contribution in [0.15, 0.2) is 45.6 Å². The van der Waals surface area contributed by atoms with Crippen LogP contribution in [0, 0.1) is 12.7 Å². The van der Waals surface area contributed by atoms with Crippen molar-refractivity contribution >= 4 is 33.0 Å². The maximum atomic E-state index is 14.9. The van der Waals surface area contributed by atoms with Crippen molar-refractivity contribution in [2.45, 2.75) is 13.3 Å². The second-order valence-corrected chi connectivity index (χ2v) is 8.65. The largest absolute Gasteiger partial charge is 0.561 e. The molecule has 0 atom stereocenters. The highest BCUT2D eigenvalue weighted by Crippen LogP contribution is 2.30. The van der Waals surface area contributed by atoms with Crippen LogP contribution in [0.1, 0.15) is 16.7 Å². The molecule has 1 N–H and O–H groups in total. The molecule has 0 aliphatic carbocycles. The lowest BCUT2D eigenvalue weighted by atomic mass is 9.99. The van der Waals surface area contributed by atoms with E-state index in [0.717, 1.165) is 7.05 Å². The van der Waals surface area contributed by atoms with E-state index in [1.54, 1.807) is 19.1 Å². The molecule has 9 nitrogen and oxygen atoms in total. The molecule has 0 spiro atoms. The van der Waals surface area contributed by atoms with Gasteiger partial charge in [-0.15, -0.1) is 0 Å². The van der Waals surface area contributed by atoms with Crippen LogP contribution in [-0.2, 0) is 16.6 Å². The molecule has 1 heterocycles. The Labute approximate surface area is 184 Å². The zero-order valence-electron chi connectivity index (χ0n) is 17.8. The van der Waals surface area contributed by atoms with E-state index in [9.17, 15) is 22.4 Å². The minimum atomic E-state index is -4.03. The van der Waals surface area contributed by atoms with Crippen molar-refractivity contribution in [1.29, 1.82) is 0 Å². The Morgan fingerprint density at radius 3 is 2.62 bits per heavy atom. The quantitative estimate of drug-likeness (QED) is 0.561. The van der Waals surface area contributed by atoms with Crippen LogP contribution >= 0.6 is 0 Å². The number of rotatable bonds is 6. The predicted molar refractivity (Wildman–Crippen MR) is 117 cm³/mol. The molecular formula is C21H21FN3O6S-. The molecule has 0 aliphatic rings. The molecule has 0 unspecified atom stereocenters. The molecule has 3 aromatic rings. The summed E-state index contributed by atoms with van der Waals surface area (Å²) in [6.45, 7) is 1.69. The van der Waals surface area contributed by atoms with Gasteiger partial charge in [0.15, 0.2) is 10.2 Å². The fourth-order valence-corrected chi connectivity index (χ4v) is 3.46. The van der Waals surface area contributed by atoms with E-state index in [4.69, 9.17) is 9.15 Å². The van der Waals surface area contributed by atoms with E-state index < -0.39 is 27.7 Å². The number of carbonyl (C=O) groups excluding carboxylic acids is 1. The zero-order chi connectivity index (χ0) is 23.6. The number of halogens is 1. The minimum Gasteiger partial charge on any atom is -0.561 e. The molecule has 3 rings (SSSR count). The van der Waals surface area contributed by atoms with Crippen LogP contribution in [-0.4, -0.2) is 40.6 Å². The van der Waals surface area contributed by atoms with Gasteiger partial charge in [0.2, 0.25) is 0 Å². The number of nitrogens with zero attached hydrogens (tertiary/aromatic N) is 2. The third-order valence-corrected chi connectivity index (χ3v) is 5.68. The molecule has 1 aromatic heterocycles. The van der Waals surface area contributed by atoms with Gasteiger partial charge in [-0.1, -0.05) is 23.9 Å². The molecule has 0 saturated carbocycles. The highest BCUT2D eigenvalue weighted by Gasteiger charge is 2.16. The van der Waals surface area contributed by atoms with Gasteiger partial charge in [-0.25, -0.2) is 27.1 Å². The Morgan fingerprint density at radius 1 is 1.25 bits per heavy atom. The molecule has 0 aliphatic heterocycles. The first-order chi connectivity index (χ1) is 15.0. The van der Waals surface area contributed by atoms with Gasteiger partial charge >= 0.3 is 11.7 Å². The van der Waals surface area contributed by atoms with Crippen LogP contribution in [0.3, 0.4) is 0 Å². The predicted octanol–water partition coefficient (Wildman–Crippen LogP) is 3.36. The number of nitrogens with one attached hydrogen (secondary N) is 1.